The molecule has 1 aromatic rings. The highest BCUT2D eigenvalue weighted by Gasteiger charge is 2.27. The predicted molar refractivity (Wildman–Crippen MR) is 83.8 cm³/mol. The summed E-state index contributed by atoms with van der Waals surface area (Å²) in [7, 11) is 2.09. The third-order valence-electron chi connectivity index (χ3n) is 4.65. The second kappa shape index (κ2) is 6.20. The van der Waals surface area contributed by atoms with Crippen LogP contribution in [0.15, 0.2) is 16.9 Å². The van der Waals surface area contributed by atoms with Gasteiger partial charge in [0, 0.05) is 18.0 Å². The largest absolute Gasteiger partial charge is 0.351 e. The molecule has 0 spiro atoms. The highest BCUT2D eigenvalue weighted by molar-refractivity contribution is 5.80. The van der Waals surface area contributed by atoms with Crippen molar-refractivity contribution in [2.24, 2.45) is 0 Å². The Bertz CT molecular complexity index is 600. The van der Waals surface area contributed by atoms with Gasteiger partial charge in [0.15, 0.2) is 0 Å². The molecule has 1 atom stereocenters. The molecule has 1 saturated heterocycles. The van der Waals surface area contributed by atoms with Crippen molar-refractivity contribution in [2.45, 2.75) is 50.6 Å². The molecule has 22 heavy (non-hydrogen) atoms. The fourth-order valence-electron chi connectivity index (χ4n) is 2.90. The van der Waals surface area contributed by atoms with Crippen molar-refractivity contribution in [2.75, 3.05) is 20.1 Å². The Morgan fingerprint density at radius 2 is 1.95 bits per heavy atom. The quantitative estimate of drug-likeness (QED) is 0.897. The molecule has 0 radical (unpaired) electrons. The van der Waals surface area contributed by atoms with Crippen LogP contribution in [0.4, 0.5) is 0 Å². The summed E-state index contributed by atoms with van der Waals surface area (Å²) in [5.41, 5.74) is 0.717. The molecule has 2 fully saturated rings. The number of hydrogen-bond acceptors (Lipinski definition) is 4. The lowest BCUT2D eigenvalue weighted by atomic mass is 10.1. The van der Waals surface area contributed by atoms with Crippen LogP contribution in [0.2, 0.25) is 0 Å². The number of nitrogens with zero attached hydrogens (tertiary/aromatic N) is 3. The number of carbonyl (C=O) groups is 1. The summed E-state index contributed by atoms with van der Waals surface area (Å²) in [5, 5.41) is 7.46. The van der Waals surface area contributed by atoms with E-state index in [4.69, 9.17) is 0 Å². The van der Waals surface area contributed by atoms with Gasteiger partial charge in [-0.2, -0.15) is 5.10 Å². The van der Waals surface area contributed by atoms with E-state index >= 15 is 0 Å². The number of aromatic nitrogens is 2. The van der Waals surface area contributed by atoms with Gasteiger partial charge in [-0.1, -0.05) is 0 Å². The molecule has 1 aliphatic carbocycles. The molecule has 1 aromatic heterocycles. The molecule has 1 aliphatic heterocycles. The normalized spacial score (nSPS) is 21.5. The van der Waals surface area contributed by atoms with Crippen molar-refractivity contribution in [3.63, 3.8) is 0 Å². The monoisotopic (exact) mass is 304 g/mol. The number of nitrogens with one attached hydrogen (secondary N) is 1. The van der Waals surface area contributed by atoms with Crippen LogP contribution in [0.5, 0.6) is 0 Å². The van der Waals surface area contributed by atoms with Crippen molar-refractivity contribution in [1.29, 1.82) is 0 Å². The Morgan fingerprint density at radius 1 is 1.27 bits per heavy atom. The molecular formula is C16H24N4O2. The predicted octanol–water partition coefficient (Wildman–Crippen LogP) is 0.892. The number of hydrogen-bond donors (Lipinski definition) is 1. The average molecular weight is 304 g/mol. The number of likely N-dealkylation sites (tertiary alicyclic amines) is 1. The molecule has 120 valence electrons. The maximum atomic E-state index is 12.4. The Kier molecular flexibility index (Phi) is 4.29. The minimum atomic E-state index is -0.564. The van der Waals surface area contributed by atoms with E-state index in [9.17, 15) is 9.59 Å². The van der Waals surface area contributed by atoms with Crippen molar-refractivity contribution in [1.82, 2.24) is 20.0 Å². The van der Waals surface area contributed by atoms with E-state index in [1.165, 1.54) is 10.7 Å². The van der Waals surface area contributed by atoms with Gasteiger partial charge in [0.1, 0.15) is 6.04 Å². The van der Waals surface area contributed by atoms with Crippen molar-refractivity contribution < 1.29 is 4.79 Å². The minimum absolute atomic E-state index is 0.114. The fraction of sp³-hybridized carbons (Fsp3) is 0.688. The molecule has 1 N–H and O–H groups in total. The van der Waals surface area contributed by atoms with Crippen LogP contribution in [-0.2, 0) is 4.79 Å². The molecule has 6 heteroatoms. The van der Waals surface area contributed by atoms with Crippen molar-refractivity contribution >= 4 is 5.91 Å². The van der Waals surface area contributed by atoms with E-state index in [1.807, 2.05) is 0 Å². The average Bonchev–Trinajstić information content (AvgIpc) is 3.34. The highest BCUT2D eigenvalue weighted by atomic mass is 16.2. The van der Waals surface area contributed by atoms with Crippen LogP contribution in [-0.4, -0.2) is 46.8 Å². The smallest absolute Gasteiger partial charge is 0.267 e. The highest BCUT2D eigenvalue weighted by Crippen LogP contribution is 2.38. The zero-order chi connectivity index (χ0) is 15.7. The second-order valence-electron chi connectivity index (χ2n) is 6.58. The van der Waals surface area contributed by atoms with Crippen LogP contribution < -0.4 is 10.9 Å². The fourth-order valence-corrected chi connectivity index (χ4v) is 2.90. The van der Waals surface area contributed by atoms with Crippen LogP contribution in [0.1, 0.15) is 50.3 Å². The van der Waals surface area contributed by atoms with E-state index in [0.717, 1.165) is 44.5 Å². The van der Waals surface area contributed by atoms with Gasteiger partial charge in [-0.15, -0.1) is 0 Å². The van der Waals surface area contributed by atoms with Crippen LogP contribution in [0.25, 0.3) is 0 Å². The summed E-state index contributed by atoms with van der Waals surface area (Å²) in [6.07, 6.45) is 4.17. The molecule has 1 amide bonds. The molecule has 0 aromatic carbocycles. The summed E-state index contributed by atoms with van der Waals surface area (Å²) in [4.78, 5) is 26.7. The molecule has 2 heterocycles. The molecule has 1 saturated carbocycles. The van der Waals surface area contributed by atoms with Crippen LogP contribution in [0, 0.1) is 0 Å². The van der Waals surface area contributed by atoms with Gasteiger partial charge in [-0.05, 0) is 58.8 Å². The van der Waals surface area contributed by atoms with Gasteiger partial charge >= 0.3 is 0 Å². The topological polar surface area (TPSA) is 67.2 Å². The first-order valence-corrected chi connectivity index (χ1v) is 8.13. The van der Waals surface area contributed by atoms with E-state index in [0.29, 0.717) is 5.92 Å². The first-order chi connectivity index (χ1) is 10.5. The molecule has 0 bridgehead atoms. The van der Waals surface area contributed by atoms with Crippen LogP contribution >= 0.6 is 0 Å². The van der Waals surface area contributed by atoms with Gasteiger partial charge in [-0.25, -0.2) is 4.68 Å². The molecule has 6 nitrogen and oxygen atoms in total. The lowest BCUT2D eigenvalue weighted by Gasteiger charge is -2.30. The van der Waals surface area contributed by atoms with Crippen LogP contribution in [0.3, 0.4) is 0 Å². The number of piperidine rings is 1. The molecule has 1 unspecified atom stereocenters. The Morgan fingerprint density at radius 3 is 2.59 bits per heavy atom. The lowest BCUT2D eigenvalue weighted by molar-refractivity contribution is -0.125. The molecule has 2 aliphatic rings. The summed E-state index contributed by atoms with van der Waals surface area (Å²) in [5.74, 6) is 0.355. The first kappa shape index (κ1) is 15.2. The van der Waals surface area contributed by atoms with E-state index in [1.54, 1.807) is 13.0 Å². The summed E-state index contributed by atoms with van der Waals surface area (Å²) in [6, 6.07) is 2.96. The van der Waals surface area contributed by atoms with Gasteiger partial charge in [-0.3, -0.25) is 9.59 Å². The van der Waals surface area contributed by atoms with Gasteiger partial charge < -0.3 is 10.2 Å². The number of amides is 1. The molecular weight excluding hydrogens is 280 g/mol. The lowest BCUT2D eigenvalue weighted by Crippen LogP contribution is -2.46. The third-order valence-corrected chi connectivity index (χ3v) is 4.65. The Hall–Kier alpha value is -1.69. The van der Waals surface area contributed by atoms with Crippen molar-refractivity contribution in [3.05, 3.63) is 28.2 Å². The number of carbonyl (C=O) groups excluding carboxylic acids is 1. The van der Waals surface area contributed by atoms with Gasteiger partial charge in [0.05, 0.1) is 5.69 Å². The zero-order valence-corrected chi connectivity index (χ0v) is 13.3. The maximum Gasteiger partial charge on any atom is 0.267 e. The summed E-state index contributed by atoms with van der Waals surface area (Å²) < 4.78 is 1.33. The third kappa shape index (κ3) is 3.38. The minimum Gasteiger partial charge on any atom is -0.351 e. The van der Waals surface area contributed by atoms with Gasteiger partial charge in [0.2, 0.25) is 5.91 Å². The SMILES string of the molecule is CC(C(=O)NC1CCN(C)CC1)n1nc(C2CC2)ccc1=O. The summed E-state index contributed by atoms with van der Waals surface area (Å²) in [6.45, 7) is 3.73. The Labute approximate surface area is 130 Å². The zero-order valence-electron chi connectivity index (χ0n) is 13.3. The second-order valence-corrected chi connectivity index (χ2v) is 6.58. The molecule has 3 rings (SSSR count). The van der Waals surface area contributed by atoms with E-state index in [-0.39, 0.29) is 17.5 Å². The maximum absolute atomic E-state index is 12.4. The number of rotatable bonds is 4. The van der Waals surface area contributed by atoms with E-state index in [2.05, 4.69) is 22.4 Å². The summed E-state index contributed by atoms with van der Waals surface area (Å²) >= 11 is 0. The van der Waals surface area contributed by atoms with E-state index < -0.39 is 6.04 Å². The Balaban J connectivity index is 1.67. The van der Waals surface area contributed by atoms with Gasteiger partial charge in [0.25, 0.3) is 5.56 Å². The first-order valence-electron chi connectivity index (χ1n) is 8.13. The van der Waals surface area contributed by atoms with Crippen molar-refractivity contribution in [3.8, 4) is 0 Å². The standard InChI is InChI=1S/C16H24N4O2/c1-11(16(22)17-13-7-9-19(2)10-8-13)20-15(21)6-5-14(18-20)12-3-4-12/h5-6,11-13H,3-4,7-10H2,1-2H3,(H,17,22).